The zero-order valence-electron chi connectivity index (χ0n) is 11.0. The minimum atomic E-state index is -0.714. The molecule has 0 aliphatic carbocycles. The number of hydrogen-bond acceptors (Lipinski definition) is 3. The molecule has 2 aromatic rings. The van der Waals surface area contributed by atoms with Crippen molar-refractivity contribution in [3.63, 3.8) is 0 Å². The molecular formula is C16H16FNO2. The quantitative estimate of drug-likeness (QED) is 0.933. The molecule has 1 N–H and O–H groups in total. The molecule has 0 saturated carbocycles. The number of aliphatic hydroxyl groups excluding tert-OH is 1. The summed E-state index contributed by atoms with van der Waals surface area (Å²) in [6.45, 7) is 0.649. The zero-order chi connectivity index (χ0) is 13.9. The van der Waals surface area contributed by atoms with Crippen LogP contribution in [-0.2, 0) is 0 Å². The fraction of sp³-hybridized carbons (Fsp3) is 0.312. The predicted octanol–water partition coefficient (Wildman–Crippen LogP) is 3.21. The first kappa shape index (κ1) is 13.1. The lowest BCUT2D eigenvalue weighted by Crippen LogP contribution is -2.16. The Hall–Kier alpha value is -1.94. The van der Waals surface area contributed by atoms with Crippen LogP contribution in [0.1, 0.15) is 36.0 Å². The predicted molar refractivity (Wildman–Crippen MR) is 73.1 cm³/mol. The highest BCUT2D eigenvalue weighted by Gasteiger charge is 2.24. The van der Waals surface area contributed by atoms with Crippen molar-refractivity contribution in [1.29, 1.82) is 0 Å². The highest BCUT2D eigenvalue weighted by Crippen LogP contribution is 2.38. The Bertz CT molecular complexity index is 603. The Kier molecular flexibility index (Phi) is 3.65. The number of ether oxygens (including phenoxy) is 1. The third-order valence-electron chi connectivity index (χ3n) is 3.70. The van der Waals surface area contributed by atoms with Crippen LogP contribution < -0.4 is 4.74 Å². The highest BCUT2D eigenvalue weighted by molar-refractivity contribution is 5.38. The Morgan fingerprint density at radius 2 is 2.20 bits per heavy atom. The van der Waals surface area contributed by atoms with Crippen molar-refractivity contribution in [3.05, 3.63) is 59.7 Å². The van der Waals surface area contributed by atoms with Crippen LogP contribution in [0.15, 0.2) is 42.7 Å². The molecule has 0 bridgehead atoms. The Balaban J connectivity index is 1.79. The van der Waals surface area contributed by atoms with Crippen LogP contribution in [0, 0.1) is 5.82 Å². The van der Waals surface area contributed by atoms with E-state index >= 15 is 0 Å². The van der Waals surface area contributed by atoms with Crippen LogP contribution in [0.25, 0.3) is 0 Å². The molecule has 2 heterocycles. The molecule has 20 heavy (non-hydrogen) atoms. The minimum Gasteiger partial charge on any atom is -0.493 e. The van der Waals surface area contributed by atoms with E-state index < -0.39 is 11.9 Å². The van der Waals surface area contributed by atoms with Gasteiger partial charge >= 0.3 is 0 Å². The third kappa shape index (κ3) is 2.65. The Morgan fingerprint density at radius 3 is 3.05 bits per heavy atom. The molecule has 1 aromatic heterocycles. The number of halogens is 1. The number of rotatable bonds is 3. The minimum absolute atomic E-state index is 0.221. The number of nitrogens with zero attached hydrogens (tertiary/aromatic N) is 1. The molecule has 0 saturated heterocycles. The van der Waals surface area contributed by atoms with Gasteiger partial charge in [-0.1, -0.05) is 18.2 Å². The van der Waals surface area contributed by atoms with E-state index in [1.54, 1.807) is 0 Å². The summed E-state index contributed by atoms with van der Waals surface area (Å²) in [5.41, 5.74) is 1.64. The van der Waals surface area contributed by atoms with Crippen molar-refractivity contribution in [2.75, 3.05) is 6.61 Å². The number of hydrogen-bond donors (Lipinski definition) is 1. The van der Waals surface area contributed by atoms with Crippen LogP contribution in [0.3, 0.4) is 0 Å². The Labute approximate surface area is 117 Å². The summed E-state index contributed by atoms with van der Waals surface area (Å²) in [5.74, 6) is 0.681. The molecule has 1 aliphatic rings. The van der Waals surface area contributed by atoms with Crippen LogP contribution in [0.5, 0.6) is 5.75 Å². The van der Waals surface area contributed by atoms with Crippen molar-refractivity contribution in [3.8, 4) is 5.75 Å². The normalized spacial score (nSPS) is 19.0. The van der Waals surface area contributed by atoms with E-state index in [1.807, 2.05) is 24.3 Å². The van der Waals surface area contributed by atoms with Gasteiger partial charge in [0.15, 0.2) is 0 Å². The van der Waals surface area contributed by atoms with Crippen molar-refractivity contribution < 1.29 is 14.2 Å². The largest absolute Gasteiger partial charge is 0.493 e. The lowest BCUT2D eigenvalue weighted by molar-refractivity contribution is 0.144. The van der Waals surface area contributed by atoms with Gasteiger partial charge in [-0.2, -0.15) is 0 Å². The summed E-state index contributed by atoms with van der Waals surface area (Å²) < 4.78 is 18.8. The molecule has 2 unspecified atom stereocenters. The number of aromatic nitrogens is 1. The summed E-state index contributed by atoms with van der Waals surface area (Å²) >= 11 is 0. The molecule has 0 fully saturated rings. The molecule has 1 aromatic carbocycles. The van der Waals surface area contributed by atoms with Gasteiger partial charge in [0.25, 0.3) is 0 Å². The van der Waals surface area contributed by atoms with Crippen molar-refractivity contribution in [2.24, 2.45) is 0 Å². The van der Waals surface area contributed by atoms with Gasteiger partial charge in [0.2, 0.25) is 0 Å². The molecule has 3 nitrogen and oxygen atoms in total. The smallest absolute Gasteiger partial charge is 0.141 e. The maximum Gasteiger partial charge on any atom is 0.141 e. The second-order valence-corrected chi connectivity index (χ2v) is 5.06. The van der Waals surface area contributed by atoms with Gasteiger partial charge in [0.1, 0.15) is 11.6 Å². The monoisotopic (exact) mass is 273 g/mol. The van der Waals surface area contributed by atoms with Crippen LogP contribution in [-0.4, -0.2) is 16.7 Å². The number of fused-ring (bicyclic) bond motifs is 1. The fourth-order valence-corrected chi connectivity index (χ4v) is 2.68. The Morgan fingerprint density at radius 1 is 1.35 bits per heavy atom. The van der Waals surface area contributed by atoms with E-state index in [0.29, 0.717) is 18.6 Å². The summed E-state index contributed by atoms with van der Waals surface area (Å²) in [4.78, 5) is 3.78. The second kappa shape index (κ2) is 5.59. The van der Waals surface area contributed by atoms with E-state index in [-0.39, 0.29) is 5.92 Å². The summed E-state index contributed by atoms with van der Waals surface area (Å²) in [7, 11) is 0. The van der Waals surface area contributed by atoms with Gasteiger partial charge in [0.05, 0.1) is 18.9 Å². The molecule has 4 heteroatoms. The topological polar surface area (TPSA) is 42.4 Å². The summed E-state index contributed by atoms with van der Waals surface area (Å²) in [5, 5.41) is 10.3. The SMILES string of the molecule is OC(CC1CCOc2ccccc21)c1cncc(F)c1. The van der Waals surface area contributed by atoms with Crippen LogP contribution in [0.4, 0.5) is 4.39 Å². The lowest BCUT2D eigenvalue weighted by Gasteiger charge is -2.27. The van der Waals surface area contributed by atoms with E-state index in [9.17, 15) is 9.50 Å². The average Bonchev–Trinajstić information content (AvgIpc) is 2.47. The van der Waals surface area contributed by atoms with Gasteiger partial charge in [-0.15, -0.1) is 0 Å². The van der Waals surface area contributed by atoms with Gasteiger partial charge < -0.3 is 9.84 Å². The third-order valence-corrected chi connectivity index (χ3v) is 3.70. The zero-order valence-corrected chi connectivity index (χ0v) is 11.0. The van der Waals surface area contributed by atoms with E-state index in [0.717, 1.165) is 23.9 Å². The van der Waals surface area contributed by atoms with Crippen LogP contribution >= 0.6 is 0 Å². The van der Waals surface area contributed by atoms with Gasteiger partial charge in [-0.05, 0) is 36.5 Å². The number of pyridine rings is 1. The number of para-hydroxylation sites is 1. The van der Waals surface area contributed by atoms with E-state index in [1.165, 1.54) is 12.3 Å². The van der Waals surface area contributed by atoms with Crippen LogP contribution in [0.2, 0.25) is 0 Å². The first-order valence-corrected chi connectivity index (χ1v) is 6.74. The lowest BCUT2D eigenvalue weighted by atomic mass is 9.87. The summed E-state index contributed by atoms with van der Waals surface area (Å²) in [6.07, 6.45) is 3.34. The standard InChI is InChI=1S/C16H16FNO2/c17-13-7-12(9-18-10-13)15(19)8-11-5-6-20-16-4-2-1-3-14(11)16/h1-4,7,9-11,15,19H,5-6,8H2. The molecule has 104 valence electrons. The number of aliphatic hydroxyl groups is 1. The maximum atomic E-state index is 13.2. The van der Waals surface area contributed by atoms with E-state index in [4.69, 9.17) is 4.74 Å². The summed E-state index contributed by atoms with van der Waals surface area (Å²) in [6, 6.07) is 9.21. The highest BCUT2D eigenvalue weighted by atomic mass is 19.1. The molecule has 2 atom stereocenters. The van der Waals surface area contributed by atoms with Crippen molar-refractivity contribution in [1.82, 2.24) is 4.98 Å². The molecular weight excluding hydrogens is 257 g/mol. The maximum absolute atomic E-state index is 13.2. The van der Waals surface area contributed by atoms with E-state index in [2.05, 4.69) is 4.98 Å². The number of benzene rings is 1. The molecule has 1 aliphatic heterocycles. The second-order valence-electron chi connectivity index (χ2n) is 5.06. The van der Waals surface area contributed by atoms with Crippen molar-refractivity contribution >= 4 is 0 Å². The molecule has 0 amide bonds. The first-order valence-electron chi connectivity index (χ1n) is 6.74. The fourth-order valence-electron chi connectivity index (χ4n) is 2.68. The molecule has 0 spiro atoms. The first-order chi connectivity index (χ1) is 9.74. The van der Waals surface area contributed by atoms with Gasteiger partial charge in [0, 0.05) is 11.8 Å². The van der Waals surface area contributed by atoms with Crippen molar-refractivity contribution in [2.45, 2.75) is 24.9 Å². The van der Waals surface area contributed by atoms with Gasteiger partial charge in [-0.25, -0.2) is 4.39 Å². The molecule has 3 rings (SSSR count). The van der Waals surface area contributed by atoms with Gasteiger partial charge in [-0.3, -0.25) is 4.98 Å². The average molecular weight is 273 g/mol. The molecule has 0 radical (unpaired) electrons.